The lowest BCUT2D eigenvalue weighted by Crippen LogP contribution is -2.26. The van der Waals surface area contributed by atoms with E-state index in [1.54, 1.807) is 0 Å². The van der Waals surface area contributed by atoms with Gasteiger partial charge in [-0.05, 0) is 30.9 Å². The average molecular weight is 193 g/mol. The predicted molar refractivity (Wildman–Crippen MR) is 58.8 cm³/mol. The lowest BCUT2D eigenvalue weighted by Gasteiger charge is -2.26. The summed E-state index contributed by atoms with van der Waals surface area (Å²) in [5, 5.41) is 0. The van der Waals surface area contributed by atoms with Gasteiger partial charge in [0.15, 0.2) is 0 Å². The summed E-state index contributed by atoms with van der Waals surface area (Å²) in [5.74, 6) is 5.79. The third-order valence-electron chi connectivity index (χ3n) is 2.53. The Labute approximate surface area is 86.0 Å². The van der Waals surface area contributed by atoms with E-state index >= 15 is 0 Å². The minimum absolute atomic E-state index is 0.416. The molecule has 0 saturated carbocycles. The summed E-state index contributed by atoms with van der Waals surface area (Å²) < 4.78 is 0. The van der Waals surface area contributed by atoms with E-state index in [2.05, 4.69) is 26.0 Å². The molecule has 1 aromatic rings. The van der Waals surface area contributed by atoms with E-state index in [1.165, 1.54) is 5.56 Å². The van der Waals surface area contributed by atoms with Crippen molar-refractivity contribution in [3.8, 4) is 0 Å². The van der Waals surface area contributed by atoms with Crippen LogP contribution in [0, 0.1) is 0 Å². The summed E-state index contributed by atoms with van der Waals surface area (Å²) in [5.41, 5.74) is 2.04. The van der Waals surface area contributed by atoms with Crippen molar-refractivity contribution in [2.45, 2.75) is 39.2 Å². The third kappa shape index (κ3) is 2.14. The summed E-state index contributed by atoms with van der Waals surface area (Å²) in [6.45, 7) is 8.30. The molecule has 0 aliphatic heterocycles. The second-order valence-corrected chi connectivity index (χ2v) is 4.37. The molecule has 2 nitrogen and oxygen atoms in total. The topological polar surface area (TPSA) is 35.2 Å². The highest BCUT2D eigenvalue weighted by atomic mass is 16.6. The van der Waals surface area contributed by atoms with E-state index in [4.69, 9.17) is 10.7 Å². The zero-order chi connectivity index (χ0) is 10.8. The first-order valence-corrected chi connectivity index (χ1v) is 4.96. The van der Waals surface area contributed by atoms with Gasteiger partial charge in [-0.2, -0.15) is 0 Å². The standard InChI is InChI=1S/C12H19NO/c1-9(2)10-7-5-6-8-11(10)12(3,4)14-13/h5-9H,13H2,1-4H3. The van der Waals surface area contributed by atoms with E-state index in [1.807, 2.05) is 26.0 Å². The SMILES string of the molecule is CC(C)c1ccccc1C(C)(C)ON. The van der Waals surface area contributed by atoms with Crippen LogP contribution < -0.4 is 5.90 Å². The Hall–Kier alpha value is -0.860. The molecule has 1 rings (SSSR count). The maximum Gasteiger partial charge on any atom is 0.109 e. The van der Waals surface area contributed by atoms with Crippen molar-refractivity contribution in [3.05, 3.63) is 35.4 Å². The average Bonchev–Trinajstić information content (AvgIpc) is 2.18. The van der Waals surface area contributed by atoms with Crippen molar-refractivity contribution >= 4 is 0 Å². The Balaban J connectivity index is 3.20. The highest BCUT2D eigenvalue weighted by Crippen LogP contribution is 2.30. The fraction of sp³-hybridized carbons (Fsp3) is 0.500. The Bertz CT molecular complexity index is 305. The summed E-state index contributed by atoms with van der Waals surface area (Å²) in [4.78, 5) is 5.01. The Kier molecular flexibility index (Phi) is 3.29. The molecule has 0 saturated heterocycles. The van der Waals surface area contributed by atoms with Crippen LogP contribution in [0.1, 0.15) is 44.7 Å². The van der Waals surface area contributed by atoms with Crippen LogP contribution in [0.2, 0.25) is 0 Å². The van der Waals surface area contributed by atoms with Gasteiger partial charge >= 0.3 is 0 Å². The number of hydrogen-bond donors (Lipinski definition) is 1. The first-order chi connectivity index (χ1) is 6.49. The maximum absolute atomic E-state index is 5.31. The molecule has 0 aromatic heterocycles. The van der Waals surface area contributed by atoms with Crippen LogP contribution >= 0.6 is 0 Å². The van der Waals surface area contributed by atoms with Crippen LogP contribution in [0.4, 0.5) is 0 Å². The quantitative estimate of drug-likeness (QED) is 0.749. The lowest BCUT2D eigenvalue weighted by molar-refractivity contribution is -0.0243. The minimum Gasteiger partial charge on any atom is -0.294 e. The number of nitrogens with two attached hydrogens (primary N) is 1. The lowest BCUT2D eigenvalue weighted by atomic mass is 9.88. The van der Waals surface area contributed by atoms with Gasteiger partial charge in [-0.3, -0.25) is 4.84 Å². The second-order valence-electron chi connectivity index (χ2n) is 4.37. The number of rotatable bonds is 3. The molecule has 2 heteroatoms. The molecule has 0 aliphatic carbocycles. The minimum atomic E-state index is -0.416. The van der Waals surface area contributed by atoms with Crippen LogP contribution in [-0.4, -0.2) is 0 Å². The monoisotopic (exact) mass is 193 g/mol. The molecule has 0 unspecified atom stereocenters. The van der Waals surface area contributed by atoms with Crippen molar-refractivity contribution in [2.24, 2.45) is 5.90 Å². The second kappa shape index (κ2) is 4.11. The van der Waals surface area contributed by atoms with Crippen LogP contribution in [0.3, 0.4) is 0 Å². The van der Waals surface area contributed by atoms with Gasteiger partial charge in [0.1, 0.15) is 5.60 Å². The molecule has 0 heterocycles. The molecule has 0 bridgehead atoms. The van der Waals surface area contributed by atoms with Crippen molar-refractivity contribution in [2.75, 3.05) is 0 Å². The predicted octanol–water partition coefficient (Wildman–Crippen LogP) is 2.94. The van der Waals surface area contributed by atoms with E-state index in [0.29, 0.717) is 5.92 Å². The molecular weight excluding hydrogens is 174 g/mol. The van der Waals surface area contributed by atoms with E-state index in [9.17, 15) is 0 Å². The molecule has 0 atom stereocenters. The van der Waals surface area contributed by atoms with Gasteiger partial charge in [0.2, 0.25) is 0 Å². The largest absolute Gasteiger partial charge is 0.294 e. The first-order valence-electron chi connectivity index (χ1n) is 4.96. The van der Waals surface area contributed by atoms with Gasteiger partial charge < -0.3 is 0 Å². The van der Waals surface area contributed by atoms with Gasteiger partial charge in [-0.25, -0.2) is 5.90 Å². The normalized spacial score (nSPS) is 12.1. The zero-order valence-electron chi connectivity index (χ0n) is 9.37. The fourth-order valence-electron chi connectivity index (χ4n) is 1.61. The Morgan fingerprint density at radius 3 is 2.29 bits per heavy atom. The van der Waals surface area contributed by atoms with Gasteiger partial charge in [0.25, 0.3) is 0 Å². The van der Waals surface area contributed by atoms with Crippen molar-refractivity contribution < 1.29 is 4.84 Å². The molecule has 2 N–H and O–H groups in total. The van der Waals surface area contributed by atoms with E-state index < -0.39 is 5.60 Å². The molecule has 14 heavy (non-hydrogen) atoms. The van der Waals surface area contributed by atoms with Gasteiger partial charge in [-0.1, -0.05) is 38.1 Å². The summed E-state index contributed by atoms with van der Waals surface area (Å²) >= 11 is 0. The van der Waals surface area contributed by atoms with Crippen molar-refractivity contribution in [3.63, 3.8) is 0 Å². The van der Waals surface area contributed by atoms with Crippen molar-refractivity contribution in [1.82, 2.24) is 0 Å². The molecule has 0 radical (unpaired) electrons. The number of hydrogen-bond acceptors (Lipinski definition) is 2. The Morgan fingerprint density at radius 1 is 1.21 bits per heavy atom. The maximum atomic E-state index is 5.31. The molecule has 78 valence electrons. The first kappa shape index (κ1) is 11.2. The van der Waals surface area contributed by atoms with Gasteiger partial charge in [0.05, 0.1) is 0 Å². The van der Waals surface area contributed by atoms with Crippen LogP contribution in [0.25, 0.3) is 0 Å². The zero-order valence-corrected chi connectivity index (χ0v) is 9.37. The summed E-state index contributed by atoms with van der Waals surface area (Å²) in [6.07, 6.45) is 0. The summed E-state index contributed by atoms with van der Waals surface area (Å²) in [7, 11) is 0. The summed E-state index contributed by atoms with van der Waals surface area (Å²) in [6, 6.07) is 8.26. The van der Waals surface area contributed by atoms with Crippen LogP contribution in [-0.2, 0) is 10.4 Å². The fourth-order valence-corrected chi connectivity index (χ4v) is 1.61. The highest BCUT2D eigenvalue weighted by Gasteiger charge is 2.24. The van der Waals surface area contributed by atoms with Crippen molar-refractivity contribution in [1.29, 1.82) is 0 Å². The highest BCUT2D eigenvalue weighted by molar-refractivity contribution is 5.33. The third-order valence-corrected chi connectivity index (χ3v) is 2.53. The van der Waals surface area contributed by atoms with Crippen LogP contribution in [0.5, 0.6) is 0 Å². The van der Waals surface area contributed by atoms with Crippen LogP contribution in [0.15, 0.2) is 24.3 Å². The molecule has 0 fully saturated rings. The van der Waals surface area contributed by atoms with Gasteiger partial charge in [-0.15, -0.1) is 0 Å². The smallest absolute Gasteiger partial charge is 0.109 e. The molecule has 1 aromatic carbocycles. The van der Waals surface area contributed by atoms with Gasteiger partial charge in [0, 0.05) is 0 Å². The number of benzene rings is 1. The molecular formula is C12H19NO. The molecule has 0 aliphatic rings. The molecule has 0 amide bonds. The van der Waals surface area contributed by atoms with E-state index in [0.717, 1.165) is 5.56 Å². The Morgan fingerprint density at radius 2 is 1.79 bits per heavy atom. The van der Waals surface area contributed by atoms with E-state index in [-0.39, 0.29) is 0 Å². The molecule has 0 spiro atoms.